The Morgan fingerprint density at radius 3 is 2.89 bits per heavy atom. The Balaban J connectivity index is 1.98. The van der Waals surface area contributed by atoms with E-state index in [0.29, 0.717) is 0 Å². The van der Waals surface area contributed by atoms with Crippen molar-refractivity contribution in [2.24, 2.45) is 0 Å². The number of aryl methyl sites for hydroxylation is 3. The molecule has 1 aromatic heterocycles. The van der Waals surface area contributed by atoms with Crippen molar-refractivity contribution in [3.05, 3.63) is 64.5 Å². The Bertz CT molecular complexity index is 645. The van der Waals surface area contributed by atoms with Crippen LogP contribution in [0.15, 0.2) is 36.5 Å². The molecule has 1 aliphatic carbocycles. The average molecular weight is 251 g/mol. The zero-order valence-electron chi connectivity index (χ0n) is 11.3. The molecule has 0 radical (unpaired) electrons. The summed E-state index contributed by atoms with van der Waals surface area (Å²) < 4.78 is 0. The maximum atomic E-state index is 12.7. The lowest BCUT2D eigenvalue weighted by atomic mass is 9.92. The Kier molecular flexibility index (Phi) is 2.94. The van der Waals surface area contributed by atoms with Gasteiger partial charge in [0.2, 0.25) is 0 Å². The molecule has 1 atom stereocenters. The first kappa shape index (κ1) is 12.1. The second kappa shape index (κ2) is 4.61. The van der Waals surface area contributed by atoms with Crippen molar-refractivity contribution in [2.45, 2.75) is 32.6 Å². The molecule has 0 amide bonds. The Hall–Kier alpha value is -1.96. The molecule has 96 valence electrons. The number of aromatic nitrogens is 1. The van der Waals surface area contributed by atoms with Gasteiger partial charge in [0.05, 0.1) is 11.6 Å². The molecule has 1 aromatic carbocycles. The largest absolute Gasteiger partial charge is 0.293 e. The number of ketones is 1. The van der Waals surface area contributed by atoms with E-state index >= 15 is 0 Å². The molecule has 2 heteroatoms. The molecule has 2 aromatic rings. The number of pyridine rings is 1. The van der Waals surface area contributed by atoms with Crippen LogP contribution in [0.4, 0.5) is 0 Å². The molecule has 1 unspecified atom stereocenters. The highest BCUT2D eigenvalue weighted by molar-refractivity contribution is 6.02. The molecule has 0 saturated heterocycles. The normalized spacial score (nSPS) is 17.3. The lowest BCUT2D eigenvalue weighted by Gasteiger charge is -2.12. The van der Waals surface area contributed by atoms with E-state index in [1.54, 1.807) is 6.20 Å². The van der Waals surface area contributed by atoms with Gasteiger partial charge in [0, 0.05) is 11.8 Å². The first-order valence-corrected chi connectivity index (χ1v) is 6.72. The Morgan fingerprint density at radius 2 is 2.11 bits per heavy atom. The number of fused-ring (bicyclic) bond motifs is 1. The monoisotopic (exact) mass is 251 g/mol. The summed E-state index contributed by atoms with van der Waals surface area (Å²) in [6.07, 6.45) is 3.63. The van der Waals surface area contributed by atoms with Crippen molar-refractivity contribution in [1.29, 1.82) is 0 Å². The summed E-state index contributed by atoms with van der Waals surface area (Å²) in [5.41, 5.74) is 5.31. The molecule has 2 nitrogen and oxygen atoms in total. The summed E-state index contributed by atoms with van der Waals surface area (Å²) in [4.78, 5) is 17.1. The molecular formula is C17H17NO. The highest BCUT2D eigenvalue weighted by Crippen LogP contribution is 2.34. The smallest absolute Gasteiger partial charge is 0.172 e. The first-order valence-electron chi connectivity index (χ1n) is 6.72. The van der Waals surface area contributed by atoms with Crippen molar-refractivity contribution in [3.8, 4) is 0 Å². The highest BCUT2D eigenvalue weighted by atomic mass is 16.1. The van der Waals surface area contributed by atoms with Crippen LogP contribution in [-0.2, 0) is 6.42 Å². The zero-order chi connectivity index (χ0) is 13.4. The average Bonchev–Trinajstić information content (AvgIpc) is 2.82. The summed E-state index contributed by atoms with van der Waals surface area (Å²) in [7, 11) is 0. The second-order valence-electron chi connectivity index (χ2n) is 5.32. The van der Waals surface area contributed by atoms with Gasteiger partial charge in [-0.3, -0.25) is 9.78 Å². The van der Waals surface area contributed by atoms with Crippen LogP contribution in [0.3, 0.4) is 0 Å². The number of Topliss-reactive ketones (excluding diaryl/α,β-unsaturated/α-hetero) is 1. The summed E-state index contributed by atoms with van der Waals surface area (Å²) in [6.45, 7) is 4.06. The topological polar surface area (TPSA) is 30.0 Å². The standard InChI is InChI=1S/C17H17NO/c1-11-5-7-14(12(2)10-11)17(19)15-8-6-13-4-3-9-18-16(13)15/h3-5,7,9-10,15H,6,8H2,1-2H3. The van der Waals surface area contributed by atoms with Gasteiger partial charge in [-0.2, -0.15) is 0 Å². The van der Waals surface area contributed by atoms with Gasteiger partial charge in [-0.25, -0.2) is 0 Å². The van der Waals surface area contributed by atoms with Crippen molar-refractivity contribution in [2.75, 3.05) is 0 Å². The van der Waals surface area contributed by atoms with Crippen LogP contribution < -0.4 is 0 Å². The number of carbonyl (C=O) groups is 1. The van der Waals surface area contributed by atoms with E-state index in [2.05, 4.69) is 17.1 Å². The maximum Gasteiger partial charge on any atom is 0.172 e. The van der Waals surface area contributed by atoms with Gasteiger partial charge < -0.3 is 0 Å². The van der Waals surface area contributed by atoms with Gasteiger partial charge in [0.25, 0.3) is 0 Å². The van der Waals surface area contributed by atoms with Crippen LogP contribution in [-0.4, -0.2) is 10.8 Å². The predicted octanol–water partition coefficient (Wildman–Crippen LogP) is 3.61. The molecule has 3 rings (SSSR count). The number of benzene rings is 1. The van der Waals surface area contributed by atoms with Crippen LogP contribution in [0.2, 0.25) is 0 Å². The third-order valence-electron chi connectivity index (χ3n) is 3.92. The lowest BCUT2D eigenvalue weighted by molar-refractivity contribution is 0.0957. The molecule has 0 saturated carbocycles. The van der Waals surface area contributed by atoms with Crippen LogP contribution in [0.1, 0.15) is 45.1 Å². The van der Waals surface area contributed by atoms with Crippen LogP contribution in [0.25, 0.3) is 0 Å². The fraction of sp³-hybridized carbons (Fsp3) is 0.294. The molecule has 0 spiro atoms. The molecule has 0 bridgehead atoms. The van der Waals surface area contributed by atoms with E-state index < -0.39 is 0 Å². The summed E-state index contributed by atoms with van der Waals surface area (Å²) in [5, 5.41) is 0. The quantitative estimate of drug-likeness (QED) is 0.763. The first-order chi connectivity index (χ1) is 9.16. The third kappa shape index (κ3) is 2.07. The van der Waals surface area contributed by atoms with Crippen molar-refractivity contribution < 1.29 is 4.79 Å². The molecule has 1 aliphatic rings. The van der Waals surface area contributed by atoms with Crippen molar-refractivity contribution in [3.63, 3.8) is 0 Å². The summed E-state index contributed by atoms with van der Waals surface area (Å²) in [6, 6.07) is 10.1. The van der Waals surface area contributed by atoms with Gasteiger partial charge in [0.15, 0.2) is 5.78 Å². The van der Waals surface area contributed by atoms with Crippen LogP contribution >= 0.6 is 0 Å². The molecular weight excluding hydrogens is 234 g/mol. The van der Waals surface area contributed by atoms with E-state index in [-0.39, 0.29) is 11.7 Å². The minimum absolute atomic E-state index is 0.0578. The molecule has 0 N–H and O–H groups in total. The van der Waals surface area contributed by atoms with Crippen LogP contribution in [0, 0.1) is 13.8 Å². The summed E-state index contributed by atoms with van der Waals surface area (Å²) >= 11 is 0. The third-order valence-corrected chi connectivity index (χ3v) is 3.92. The van der Waals surface area contributed by atoms with E-state index in [1.165, 1.54) is 11.1 Å². The fourth-order valence-electron chi connectivity index (χ4n) is 2.95. The minimum Gasteiger partial charge on any atom is -0.293 e. The number of rotatable bonds is 2. The number of nitrogens with zero attached hydrogens (tertiary/aromatic N) is 1. The van der Waals surface area contributed by atoms with E-state index in [1.807, 2.05) is 32.0 Å². The molecule has 19 heavy (non-hydrogen) atoms. The number of hydrogen-bond acceptors (Lipinski definition) is 2. The van der Waals surface area contributed by atoms with Crippen LogP contribution in [0.5, 0.6) is 0 Å². The zero-order valence-corrected chi connectivity index (χ0v) is 11.3. The van der Waals surface area contributed by atoms with Gasteiger partial charge in [-0.1, -0.05) is 29.8 Å². The Morgan fingerprint density at radius 1 is 1.26 bits per heavy atom. The van der Waals surface area contributed by atoms with E-state index in [0.717, 1.165) is 29.7 Å². The maximum absolute atomic E-state index is 12.7. The number of hydrogen-bond donors (Lipinski definition) is 0. The predicted molar refractivity (Wildman–Crippen MR) is 75.5 cm³/mol. The van der Waals surface area contributed by atoms with Crippen molar-refractivity contribution >= 4 is 5.78 Å². The molecule has 0 aliphatic heterocycles. The summed E-state index contributed by atoms with van der Waals surface area (Å²) in [5.74, 6) is 0.160. The van der Waals surface area contributed by atoms with E-state index in [9.17, 15) is 4.79 Å². The SMILES string of the molecule is Cc1ccc(C(=O)C2CCc3cccnc32)c(C)c1. The van der Waals surface area contributed by atoms with Gasteiger partial charge >= 0.3 is 0 Å². The molecule has 0 fully saturated rings. The molecule has 1 heterocycles. The second-order valence-corrected chi connectivity index (χ2v) is 5.32. The highest BCUT2D eigenvalue weighted by Gasteiger charge is 2.30. The van der Waals surface area contributed by atoms with Crippen molar-refractivity contribution in [1.82, 2.24) is 4.98 Å². The number of carbonyl (C=O) groups excluding carboxylic acids is 1. The Labute approximate surface area is 113 Å². The minimum atomic E-state index is -0.0578. The van der Waals surface area contributed by atoms with Gasteiger partial charge in [0.1, 0.15) is 0 Å². The van der Waals surface area contributed by atoms with Gasteiger partial charge in [-0.05, 0) is 43.9 Å². The van der Waals surface area contributed by atoms with E-state index in [4.69, 9.17) is 0 Å². The lowest BCUT2D eigenvalue weighted by Crippen LogP contribution is -2.12. The van der Waals surface area contributed by atoms with Gasteiger partial charge in [-0.15, -0.1) is 0 Å². The fourth-order valence-corrected chi connectivity index (χ4v) is 2.95.